The van der Waals surface area contributed by atoms with Gasteiger partial charge in [0, 0.05) is 25.0 Å². The summed E-state index contributed by atoms with van der Waals surface area (Å²) in [6.45, 7) is 5.74. The molecule has 0 radical (unpaired) electrons. The molecule has 2 fully saturated rings. The number of likely N-dealkylation sites (tertiary alicyclic amines) is 1. The van der Waals surface area contributed by atoms with E-state index in [9.17, 15) is 4.79 Å². The van der Waals surface area contributed by atoms with Gasteiger partial charge in [0.1, 0.15) is 0 Å². The highest BCUT2D eigenvalue weighted by Crippen LogP contribution is 2.17. The lowest BCUT2D eigenvalue weighted by Crippen LogP contribution is -2.40. The molecule has 2 aliphatic rings. The number of carbonyl (C=O) groups is 1. The van der Waals surface area contributed by atoms with E-state index in [1.165, 1.54) is 38.6 Å². The molecule has 1 saturated heterocycles. The highest BCUT2D eigenvalue weighted by molar-refractivity contribution is 5.80. The number of nitrogens with two attached hydrogens (primary N) is 1. The molecule has 132 valence electrons. The van der Waals surface area contributed by atoms with Gasteiger partial charge in [0.2, 0.25) is 5.91 Å². The predicted octanol–water partition coefficient (Wildman–Crippen LogP) is 1.21. The van der Waals surface area contributed by atoms with Gasteiger partial charge in [-0.05, 0) is 38.8 Å². The van der Waals surface area contributed by atoms with Crippen molar-refractivity contribution in [1.29, 1.82) is 0 Å². The summed E-state index contributed by atoms with van der Waals surface area (Å²) in [6, 6.07) is 0.902. The Morgan fingerprint density at radius 3 is 2.74 bits per heavy atom. The van der Waals surface area contributed by atoms with E-state index in [1.807, 2.05) is 0 Å². The van der Waals surface area contributed by atoms with Gasteiger partial charge in [-0.15, -0.1) is 0 Å². The normalized spacial score (nSPS) is 23.9. The fraction of sp³-hybridized carbons (Fsp3) is 0.882. The third-order valence-corrected chi connectivity index (χ3v) is 5.01. The molecule has 1 saturated carbocycles. The molecule has 6 heteroatoms. The molecule has 0 spiro atoms. The Bertz CT molecular complexity index is 392. The monoisotopic (exact) mass is 323 g/mol. The molecule has 1 amide bonds. The first-order chi connectivity index (χ1) is 11.2. The van der Waals surface area contributed by atoms with Gasteiger partial charge < -0.3 is 16.4 Å². The molecule has 1 aliphatic carbocycles. The first kappa shape index (κ1) is 18.0. The zero-order valence-electron chi connectivity index (χ0n) is 14.5. The van der Waals surface area contributed by atoms with Crippen LogP contribution in [0.25, 0.3) is 0 Å². The minimum Gasteiger partial charge on any atom is -0.370 e. The largest absolute Gasteiger partial charge is 0.370 e. The smallest absolute Gasteiger partial charge is 0.221 e. The number of carbonyl (C=O) groups excluding carboxylic acids is 1. The van der Waals surface area contributed by atoms with Crippen molar-refractivity contribution in [3.05, 3.63) is 0 Å². The van der Waals surface area contributed by atoms with Crippen LogP contribution in [-0.2, 0) is 4.79 Å². The van der Waals surface area contributed by atoms with Crippen LogP contribution in [0.2, 0.25) is 0 Å². The summed E-state index contributed by atoms with van der Waals surface area (Å²) in [4.78, 5) is 18.8. The maximum atomic E-state index is 11.9. The number of nitrogens with one attached hydrogen (secondary N) is 2. The fourth-order valence-electron chi connectivity index (χ4n) is 3.63. The zero-order valence-corrected chi connectivity index (χ0v) is 14.5. The Morgan fingerprint density at radius 1 is 1.22 bits per heavy atom. The molecule has 0 aromatic rings. The number of hydrogen-bond acceptors (Lipinski definition) is 3. The number of amides is 1. The highest BCUT2D eigenvalue weighted by Gasteiger charge is 2.22. The van der Waals surface area contributed by atoms with Crippen molar-refractivity contribution in [2.75, 3.05) is 26.2 Å². The molecule has 0 aromatic heterocycles. The number of nitrogens with zero attached hydrogens (tertiary/aromatic N) is 2. The molecule has 1 atom stereocenters. The number of aliphatic imine (C=N–C) groups is 1. The lowest BCUT2D eigenvalue weighted by Gasteiger charge is -2.22. The maximum absolute atomic E-state index is 11.9. The van der Waals surface area contributed by atoms with Crippen LogP contribution in [0.4, 0.5) is 0 Å². The molecular weight excluding hydrogens is 290 g/mol. The van der Waals surface area contributed by atoms with E-state index in [0.717, 1.165) is 25.9 Å². The summed E-state index contributed by atoms with van der Waals surface area (Å²) in [5.74, 6) is 0.573. The third kappa shape index (κ3) is 6.37. The van der Waals surface area contributed by atoms with Gasteiger partial charge in [0.15, 0.2) is 5.96 Å². The van der Waals surface area contributed by atoms with E-state index in [-0.39, 0.29) is 5.91 Å². The second kappa shape index (κ2) is 9.75. The molecule has 1 heterocycles. The van der Waals surface area contributed by atoms with Gasteiger partial charge in [-0.3, -0.25) is 14.7 Å². The summed E-state index contributed by atoms with van der Waals surface area (Å²) >= 11 is 0. The van der Waals surface area contributed by atoms with E-state index in [1.54, 1.807) is 0 Å². The Hall–Kier alpha value is -1.30. The third-order valence-electron chi connectivity index (χ3n) is 5.01. The first-order valence-electron chi connectivity index (χ1n) is 9.26. The van der Waals surface area contributed by atoms with Crippen LogP contribution in [0.1, 0.15) is 58.3 Å². The highest BCUT2D eigenvalue weighted by atomic mass is 16.1. The summed E-state index contributed by atoms with van der Waals surface area (Å²) < 4.78 is 0. The lowest BCUT2D eigenvalue weighted by atomic mass is 9.95. The van der Waals surface area contributed by atoms with Crippen LogP contribution >= 0.6 is 0 Å². The maximum Gasteiger partial charge on any atom is 0.221 e. The molecule has 6 nitrogen and oxygen atoms in total. The minimum atomic E-state index is 0.116. The number of guanidine groups is 1. The molecule has 1 aliphatic heterocycles. The Morgan fingerprint density at radius 2 is 2.00 bits per heavy atom. The summed E-state index contributed by atoms with van der Waals surface area (Å²) in [6.07, 6.45) is 8.93. The molecule has 2 rings (SSSR count). The quantitative estimate of drug-likeness (QED) is 0.486. The van der Waals surface area contributed by atoms with Crippen molar-refractivity contribution in [2.45, 2.75) is 70.4 Å². The number of hydrogen-bond donors (Lipinski definition) is 3. The zero-order chi connectivity index (χ0) is 16.5. The van der Waals surface area contributed by atoms with Crippen LogP contribution in [0, 0.1) is 0 Å². The van der Waals surface area contributed by atoms with Crippen molar-refractivity contribution < 1.29 is 4.79 Å². The van der Waals surface area contributed by atoms with Gasteiger partial charge in [-0.2, -0.15) is 0 Å². The van der Waals surface area contributed by atoms with Gasteiger partial charge >= 0.3 is 0 Å². The second-order valence-corrected chi connectivity index (χ2v) is 6.73. The minimum absolute atomic E-state index is 0.116. The van der Waals surface area contributed by atoms with E-state index in [4.69, 9.17) is 5.73 Å². The predicted molar refractivity (Wildman–Crippen MR) is 94.4 cm³/mol. The second-order valence-electron chi connectivity index (χ2n) is 6.73. The van der Waals surface area contributed by atoms with Gasteiger partial charge in [0.25, 0.3) is 0 Å². The van der Waals surface area contributed by atoms with Crippen molar-refractivity contribution in [3.8, 4) is 0 Å². The topological polar surface area (TPSA) is 82.8 Å². The molecule has 0 bridgehead atoms. The lowest BCUT2D eigenvalue weighted by molar-refractivity contribution is -0.121. The standard InChI is InChI=1S/C17H33N5O/c1-2-22-12-6-9-15(22)13-20-17(18)19-11-10-16(23)21-14-7-4-3-5-8-14/h14-15H,2-13H2,1H3,(H,21,23)(H3,18,19,20). The summed E-state index contributed by atoms with van der Waals surface area (Å²) in [5, 5.41) is 6.17. The fourth-order valence-corrected chi connectivity index (χ4v) is 3.63. The SMILES string of the molecule is CCN1CCCC1CN=C(N)NCCC(=O)NC1CCCCC1. The number of rotatable bonds is 7. The molecule has 4 N–H and O–H groups in total. The van der Waals surface area contributed by atoms with Gasteiger partial charge in [0.05, 0.1) is 6.54 Å². The van der Waals surface area contributed by atoms with Crippen LogP contribution in [0.5, 0.6) is 0 Å². The van der Waals surface area contributed by atoms with Crippen LogP contribution in [-0.4, -0.2) is 55.0 Å². The molecule has 1 unspecified atom stereocenters. The van der Waals surface area contributed by atoms with E-state index < -0.39 is 0 Å². The van der Waals surface area contributed by atoms with Crippen molar-refractivity contribution in [1.82, 2.24) is 15.5 Å². The molecular formula is C17H33N5O. The number of likely N-dealkylation sites (N-methyl/N-ethyl adjacent to an activating group) is 1. The van der Waals surface area contributed by atoms with Crippen LogP contribution in [0.15, 0.2) is 4.99 Å². The van der Waals surface area contributed by atoms with Crippen LogP contribution in [0.3, 0.4) is 0 Å². The molecule has 0 aromatic carbocycles. The summed E-state index contributed by atoms with van der Waals surface area (Å²) in [7, 11) is 0. The van der Waals surface area contributed by atoms with E-state index in [2.05, 4.69) is 27.4 Å². The van der Waals surface area contributed by atoms with Crippen molar-refractivity contribution in [3.63, 3.8) is 0 Å². The Kier molecular flexibility index (Phi) is 7.65. The van der Waals surface area contributed by atoms with E-state index >= 15 is 0 Å². The first-order valence-corrected chi connectivity index (χ1v) is 9.26. The van der Waals surface area contributed by atoms with Crippen molar-refractivity contribution in [2.24, 2.45) is 10.7 Å². The Balaban J connectivity index is 1.59. The van der Waals surface area contributed by atoms with E-state index in [0.29, 0.717) is 31.0 Å². The van der Waals surface area contributed by atoms with Gasteiger partial charge in [-0.1, -0.05) is 26.2 Å². The van der Waals surface area contributed by atoms with Crippen molar-refractivity contribution >= 4 is 11.9 Å². The average Bonchev–Trinajstić information content (AvgIpc) is 3.01. The summed E-state index contributed by atoms with van der Waals surface area (Å²) in [5.41, 5.74) is 5.90. The molecule has 23 heavy (non-hydrogen) atoms. The average molecular weight is 323 g/mol. The Labute approximate surface area is 140 Å². The van der Waals surface area contributed by atoms with Crippen LogP contribution < -0.4 is 16.4 Å². The van der Waals surface area contributed by atoms with Gasteiger partial charge in [-0.25, -0.2) is 0 Å².